The summed E-state index contributed by atoms with van der Waals surface area (Å²) in [4.78, 5) is 11.7. The highest BCUT2D eigenvalue weighted by Gasteiger charge is 2.25. The minimum atomic E-state index is -0.0394. The van der Waals surface area contributed by atoms with E-state index in [2.05, 4.69) is 15.5 Å². The number of H-pyrrole nitrogens is 1. The van der Waals surface area contributed by atoms with E-state index in [0.717, 1.165) is 21.8 Å². The first-order valence-electron chi connectivity index (χ1n) is 4.86. The molecule has 3 rings (SSSR count). The number of anilines is 1. The summed E-state index contributed by atoms with van der Waals surface area (Å²) >= 11 is 1.54. The van der Waals surface area contributed by atoms with Crippen molar-refractivity contribution in [2.45, 2.75) is 6.92 Å². The van der Waals surface area contributed by atoms with Crippen LogP contribution in [-0.2, 0) is 4.79 Å². The third kappa shape index (κ3) is 1.29. The summed E-state index contributed by atoms with van der Waals surface area (Å²) in [5.41, 5.74) is 3.60. The van der Waals surface area contributed by atoms with Crippen LogP contribution in [0.5, 0.6) is 0 Å². The molecule has 1 amide bonds. The highest BCUT2D eigenvalue weighted by atomic mass is 32.1. The van der Waals surface area contributed by atoms with Crippen molar-refractivity contribution in [2.24, 2.45) is 0 Å². The van der Waals surface area contributed by atoms with E-state index in [1.54, 1.807) is 17.5 Å². The van der Waals surface area contributed by atoms with E-state index >= 15 is 0 Å². The average molecular weight is 231 g/mol. The third-order valence-electron chi connectivity index (χ3n) is 2.60. The van der Waals surface area contributed by atoms with Crippen LogP contribution >= 0.6 is 11.3 Å². The lowest BCUT2D eigenvalue weighted by Gasteiger charge is -1.94. The lowest BCUT2D eigenvalue weighted by atomic mass is 10.1. The molecule has 1 aliphatic heterocycles. The van der Waals surface area contributed by atoms with Crippen LogP contribution in [0.4, 0.5) is 5.00 Å². The van der Waals surface area contributed by atoms with E-state index in [0.29, 0.717) is 5.57 Å². The highest BCUT2D eigenvalue weighted by molar-refractivity contribution is 7.15. The molecule has 16 heavy (non-hydrogen) atoms. The second-order valence-corrected chi connectivity index (χ2v) is 4.54. The molecule has 3 heterocycles. The lowest BCUT2D eigenvalue weighted by Crippen LogP contribution is -2.03. The van der Waals surface area contributed by atoms with Crippen LogP contribution in [0.3, 0.4) is 0 Å². The van der Waals surface area contributed by atoms with E-state index < -0.39 is 0 Å². The van der Waals surface area contributed by atoms with Gasteiger partial charge in [0.15, 0.2) is 0 Å². The molecule has 0 unspecified atom stereocenters. The van der Waals surface area contributed by atoms with Crippen LogP contribution in [0.15, 0.2) is 17.6 Å². The number of nitrogens with zero attached hydrogens (tertiary/aromatic N) is 1. The van der Waals surface area contributed by atoms with E-state index in [4.69, 9.17) is 0 Å². The zero-order valence-electron chi connectivity index (χ0n) is 8.57. The maximum Gasteiger partial charge on any atom is 0.257 e. The van der Waals surface area contributed by atoms with Crippen molar-refractivity contribution in [2.75, 3.05) is 5.32 Å². The Bertz CT molecular complexity index is 594. The Balaban J connectivity index is 2.11. The van der Waals surface area contributed by atoms with Gasteiger partial charge in [0, 0.05) is 16.8 Å². The van der Waals surface area contributed by atoms with Gasteiger partial charge in [0.05, 0.1) is 11.8 Å². The fraction of sp³-hybridized carbons (Fsp3) is 0.0909. The Morgan fingerprint density at radius 2 is 2.38 bits per heavy atom. The van der Waals surface area contributed by atoms with Gasteiger partial charge in [-0.25, -0.2) is 0 Å². The van der Waals surface area contributed by atoms with Gasteiger partial charge >= 0.3 is 0 Å². The van der Waals surface area contributed by atoms with Crippen LogP contribution in [-0.4, -0.2) is 16.1 Å². The molecule has 2 N–H and O–H groups in total. The van der Waals surface area contributed by atoms with Crippen molar-refractivity contribution >= 4 is 33.9 Å². The topological polar surface area (TPSA) is 57.8 Å². The highest BCUT2D eigenvalue weighted by Crippen LogP contribution is 2.37. The van der Waals surface area contributed by atoms with E-state index in [1.807, 2.05) is 24.4 Å². The predicted molar refractivity (Wildman–Crippen MR) is 64.1 cm³/mol. The van der Waals surface area contributed by atoms with Crippen LogP contribution < -0.4 is 5.32 Å². The molecule has 80 valence electrons. The molecule has 0 saturated heterocycles. The predicted octanol–water partition coefficient (Wildman–Crippen LogP) is 2.27. The summed E-state index contributed by atoms with van der Waals surface area (Å²) in [5.74, 6) is -0.0394. The lowest BCUT2D eigenvalue weighted by molar-refractivity contribution is -0.110. The summed E-state index contributed by atoms with van der Waals surface area (Å²) in [7, 11) is 0. The van der Waals surface area contributed by atoms with Crippen LogP contribution in [0.25, 0.3) is 11.6 Å². The Labute approximate surface area is 96.0 Å². The van der Waals surface area contributed by atoms with Gasteiger partial charge in [0.2, 0.25) is 0 Å². The molecular formula is C11H9N3OS. The molecule has 0 aromatic carbocycles. The summed E-state index contributed by atoms with van der Waals surface area (Å²) in [5, 5.41) is 12.5. The van der Waals surface area contributed by atoms with Gasteiger partial charge in [-0.1, -0.05) is 0 Å². The fourth-order valence-corrected chi connectivity index (χ4v) is 2.51. The summed E-state index contributed by atoms with van der Waals surface area (Å²) in [6.45, 7) is 1.93. The van der Waals surface area contributed by atoms with Crippen LogP contribution in [0, 0.1) is 6.92 Å². The van der Waals surface area contributed by atoms with E-state index in [9.17, 15) is 4.79 Å². The largest absolute Gasteiger partial charge is 0.313 e. The van der Waals surface area contributed by atoms with Crippen molar-refractivity contribution in [1.82, 2.24) is 10.2 Å². The van der Waals surface area contributed by atoms with Crippen molar-refractivity contribution in [3.8, 4) is 0 Å². The van der Waals surface area contributed by atoms with Crippen molar-refractivity contribution in [3.63, 3.8) is 0 Å². The molecular weight excluding hydrogens is 222 g/mol. The molecule has 5 heteroatoms. The van der Waals surface area contributed by atoms with Crippen molar-refractivity contribution < 1.29 is 4.79 Å². The number of fused-ring (bicyclic) bond motifs is 1. The normalized spacial score (nSPS) is 16.6. The molecule has 0 spiro atoms. The number of hydrogen-bond acceptors (Lipinski definition) is 3. The first-order chi connectivity index (χ1) is 7.75. The summed E-state index contributed by atoms with van der Waals surface area (Å²) in [6, 6.07) is 1.96. The second kappa shape index (κ2) is 3.31. The average Bonchev–Trinajstić information content (AvgIpc) is 2.89. The van der Waals surface area contributed by atoms with Crippen LogP contribution in [0.1, 0.15) is 16.8 Å². The van der Waals surface area contributed by atoms with Gasteiger partial charge in [0.25, 0.3) is 5.91 Å². The van der Waals surface area contributed by atoms with E-state index in [-0.39, 0.29) is 5.91 Å². The number of aromatic nitrogens is 2. The standard InChI is InChI=1S/C11H9N3OS/c1-6-7(5-12-14-6)4-9-8-2-3-16-11(8)13-10(9)15/h2-5H,1H3,(H,12,14)(H,13,15)/b9-4-. The first kappa shape index (κ1) is 9.35. The van der Waals surface area contributed by atoms with Crippen molar-refractivity contribution in [1.29, 1.82) is 0 Å². The summed E-state index contributed by atoms with van der Waals surface area (Å²) in [6.07, 6.45) is 3.59. The third-order valence-corrected chi connectivity index (χ3v) is 3.43. The number of carbonyl (C=O) groups excluding carboxylic acids is 1. The Hall–Kier alpha value is -1.88. The number of carbonyl (C=O) groups is 1. The quantitative estimate of drug-likeness (QED) is 0.740. The number of amides is 1. The Morgan fingerprint density at radius 1 is 1.50 bits per heavy atom. The SMILES string of the molecule is Cc1[nH]ncc1/C=C1\C(=O)Nc2sccc21. The Kier molecular flexibility index (Phi) is 1.94. The first-order valence-corrected chi connectivity index (χ1v) is 5.74. The number of thiophene rings is 1. The van der Waals surface area contributed by atoms with E-state index in [1.165, 1.54) is 0 Å². The molecule has 0 aliphatic carbocycles. The number of aryl methyl sites for hydroxylation is 1. The van der Waals surface area contributed by atoms with Gasteiger partial charge in [-0.2, -0.15) is 5.10 Å². The smallest absolute Gasteiger partial charge is 0.257 e. The molecule has 0 fully saturated rings. The monoisotopic (exact) mass is 231 g/mol. The Morgan fingerprint density at radius 3 is 3.12 bits per heavy atom. The zero-order chi connectivity index (χ0) is 11.1. The summed E-state index contributed by atoms with van der Waals surface area (Å²) < 4.78 is 0. The number of aromatic amines is 1. The minimum absolute atomic E-state index is 0.0394. The van der Waals surface area contributed by atoms with Gasteiger partial charge in [0.1, 0.15) is 5.00 Å². The maximum atomic E-state index is 11.7. The van der Waals surface area contributed by atoms with Crippen molar-refractivity contribution in [3.05, 3.63) is 34.5 Å². The van der Waals surface area contributed by atoms with Gasteiger partial charge in [-0.05, 0) is 24.4 Å². The molecule has 0 atom stereocenters. The molecule has 0 radical (unpaired) electrons. The van der Waals surface area contributed by atoms with Gasteiger partial charge < -0.3 is 5.32 Å². The molecule has 0 bridgehead atoms. The number of rotatable bonds is 1. The molecule has 4 nitrogen and oxygen atoms in total. The maximum absolute atomic E-state index is 11.7. The van der Waals surface area contributed by atoms with Gasteiger partial charge in [-0.15, -0.1) is 11.3 Å². The molecule has 1 aliphatic rings. The van der Waals surface area contributed by atoms with Gasteiger partial charge in [-0.3, -0.25) is 9.89 Å². The molecule has 2 aromatic rings. The molecule has 2 aromatic heterocycles. The van der Waals surface area contributed by atoms with Crippen LogP contribution in [0.2, 0.25) is 0 Å². The zero-order valence-corrected chi connectivity index (χ0v) is 9.39. The second-order valence-electron chi connectivity index (χ2n) is 3.63. The fourth-order valence-electron chi connectivity index (χ4n) is 1.72. The number of hydrogen-bond donors (Lipinski definition) is 2. The minimum Gasteiger partial charge on any atom is -0.313 e. The molecule has 0 saturated carbocycles. The number of nitrogens with one attached hydrogen (secondary N) is 2.